The van der Waals surface area contributed by atoms with E-state index in [9.17, 15) is 4.79 Å². The summed E-state index contributed by atoms with van der Waals surface area (Å²) in [5, 5.41) is 2.52. The number of carbonyl (C=O) groups excluding carboxylic acids is 1. The highest BCUT2D eigenvalue weighted by atomic mass is 32.1. The lowest BCUT2D eigenvalue weighted by atomic mass is 10.3. The molecule has 0 saturated heterocycles. The quantitative estimate of drug-likeness (QED) is 0.817. The molecule has 1 aromatic heterocycles. The minimum atomic E-state index is -0.330. The van der Waals surface area contributed by atoms with Gasteiger partial charge in [0.15, 0.2) is 6.61 Å². The molecule has 2 rings (SSSR count). The molecule has 1 aromatic carbocycles. The Morgan fingerprint density at radius 3 is 2.83 bits per heavy atom. The van der Waals surface area contributed by atoms with Crippen molar-refractivity contribution in [2.24, 2.45) is 0 Å². The fraction of sp³-hybridized carbons (Fsp3) is 0.0909. The molecule has 0 atom stereocenters. The Hall–Kier alpha value is -2.28. The van der Waals surface area contributed by atoms with E-state index in [0.29, 0.717) is 5.75 Å². The SMILES string of the molecule is O=C(COc1ccccc1)Nc1ncnc(=S)[nH]1. The van der Waals surface area contributed by atoms with Gasteiger partial charge in [0.1, 0.15) is 12.1 Å². The number of para-hydroxylation sites is 1. The number of amides is 1. The number of nitrogens with zero attached hydrogens (tertiary/aromatic N) is 2. The van der Waals surface area contributed by atoms with Gasteiger partial charge in [-0.3, -0.25) is 10.1 Å². The largest absolute Gasteiger partial charge is 0.484 e. The molecule has 1 amide bonds. The molecule has 7 heteroatoms. The van der Waals surface area contributed by atoms with E-state index in [2.05, 4.69) is 20.3 Å². The normalized spacial score (nSPS) is 9.78. The molecule has 0 spiro atoms. The first-order valence-corrected chi connectivity index (χ1v) is 5.54. The van der Waals surface area contributed by atoms with Crippen molar-refractivity contribution < 1.29 is 9.53 Å². The van der Waals surface area contributed by atoms with E-state index < -0.39 is 0 Å². The summed E-state index contributed by atoms with van der Waals surface area (Å²) >= 11 is 4.80. The second-order valence-corrected chi connectivity index (χ2v) is 3.69. The molecule has 92 valence electrons. The van der Waals surface area contributed by atoms with Crippen LogP contribution in [0.25, 0.3) is 0 Å². The number of ether oxygens (including phenoxy) is 1. The summed E-state index contributed by atoms with van der Waals surface area (Å²) in [6.45, 7) is -0.103. The molecule has 0 saturated carbocycles. The molecule has 0 aliphatic rings. The predicted molar refractivity (Wildman–Crippen MR) is 67.8 cm³/mol. The molecular weight excluding hydrogens is 252 g/mol. The van der Waals surface area contributed by atoms with Gasteiger partial charge in [-0.2, -0.15) is 0 Å². The Bertz CT molecular complexity index is 585. The van der Waals surface area contributed by atoms with Gasteiger partial charge in [-0.15, -0.1) is 0 Å². The van der Waals surface area contributed by atoms with Crippen molar-refractivity contribution in [3.8, 4) is 5.75 Å². The second kappa shape index (κ2) is 5.87. The third kappa shape index (κ3) is 3.63. The van der Waals surface area contributed by atoms with Crippen LogP contribution in [-0.4, -0.2) is 27.5 Å². The topological polar surface area (TPSA) is 79.9 Å². The monoisotopic (exact) mass is 262 g/mol. The number of hydrogen-bond acceptors (Lipinski definition) is 5. The van der Waals surface area contributed by atoms with Crippen LogP contribution in [0.5, 0.6) is 5.75 Å². The maximum absolute atomic E-state index is 11.5. The predicted octanol–water partition coefficient (Wildman–Crippen LogP) is 1.55. The van der Waals surface area contributed by atoms with E-state index >= 15 is 0 Å². The van der Waals surface area contributed by atoms with Crippen molar-refractivity contribution in [2.75, 3.05) is 11.9 Å². The maximum Gasteiger partial charge on any atom is 0.264 e. The zero-order valence-corrected chi connectivity index (χ0v) is 10.1. The van der Waals surface area contributed by atoms with Crippen molar-refractivity contribution >= 4 is 24.1 Å². The van der Waals surface area contributed by atoms with E-state index in [0.717, 1.165) is 0 Å². The lowest BCUT2D eigenvalue weighted by Crippen LogP contribution is -2.21. The molecule has 0 fully saturated rings. The summed E-state index contributed by atoms with van der Waals surface area (Å²) in [6, 6.07) is 9.06. The summed E-state index contributed by atoms with van der Waals surface area (Å²) < 4.78 is 5.53. The van der Waals surface area contributed by atoms with Crippen LogP contribution < -0.4 is 10.1 Å². The van der Waals surface area contributed by atoms with Crippen molar-refractivity contribution in [2.45, 2.75) is 0 Å². The summed E-state index contributed by atoms with van der Waals surface area (Å²) in [4.78, 5) is 21.7. The van der Waals surface area contributed by atoms with E-state index in [1.807, 2.05) is 18.2 Å². The average Bonchev–Trinajstić information content (AvgIpc) is 2.38. The number of carbonyl (C=O) groups is 1. The fourth-order valence-corrected chi connectivity index (χ4v) is 1.35. The number of hydrogen-bond donors (Lipinski definition) is 2. The summed E-state index contributed by atoms with van der Waals surface area (Å²) in [5.41, 5.74) is 0. The number of nitrogens with one attached hydrogen (secondary N) is 2. The van der Waals surface area contributed by atoms with E-state index in [1.54, 1.807) is 12.1 Å². The zero-order valence-electron chi connectivity index (χ0n) is 9.29. The first-order valence-electron chi connectivity index (χ1n) is 5.13. The van der Waals surface area contributed by atoms with Gasteiger partial charge in [-0.25, -0.2) is 9.97 Å². The van der Waals surface area contributed by atoms with E-state index in [4.69, 9.17) is 17.0 Å². The molecule has 0 unspecified atom stereocenters. The van der Waals surface area contributed by atoms with Crippen LogP contribution in [-0.2, 0) is 4.79 Å². The van der Waals surface area contributed by atoms with Gasteiger partial charge in [0.25, 0.3) is 5.91 Å². The first kappa shape index (κ1) is 12.2. The first-order chi connectivity index (χ1) is 8.74. The van der Waals surface area contributed by atoms with Crippen LogP contribution in [0, 0.1) is 4.77 Å². The van der Waals surface area contributed by atoms with Crippen molar-refractivity contribution in [1.29, 1.82) is 0 Å². The third-order valence-electron chi connectivity index (χ3n) is 1.96. The molecule has 1 heterocycles. The third-order valence-corrected chi connectivity index (χ3v) is 2.17. The standard InChI is InChI=1S/C11H10N4O2S/c16-9(6-17-8-4-2-1-3-5-8)14-10-12-7-13-11(18)15-10/h1-5,7H,6H2,(H2,12,13,14,15,16,18). The minimum Gasteiger partial charge on any atom is -0.484 e. The van der Waals surface area contributed by atoms with E-state index in [-0.39, 0.29) is 23.2 Å². The summed E-state index contributed by atoms with van der Waals surface area (Å²) in [5.74, 6) is 0.545. The zero-order chi connectivity index (χ0) is 12.8. The average molecular weight is 262 g/mol. The highest BCUT2D eigenvalue weighted by Gasteiger charge is 2.04. The lowest BCUT2D eigenvalue weighted by molar-refractivity contribution is -0.118. The molecule has 0 bridgehead atoms. The van der Waals surface area contributed by atoms with Crippen molar-refractivity contribution in [3.63, 3.8) is 0 Å². The Labute approximate surface area is 108 Å². The van der Waals surface area contributed by atoms with Crippen LogP contribution in [0.1, 0.15) is 0 Å². The maximum atomic E-state index is 11.5. The lowest BCUT2D eigenvalue weighted by Gasteiger charge is -2.06. The summed E-state index contributed by atoms with van der Waals surface area (Å²) in [6.07, 6.45) is 1.27. The molecule has 18 heavy (non-hydrogen) atoms. The summed E-state index contributed by atoms with van der Waals surface area (Å²) in [7, 11) is 0. The molecule has 2 aromatic rings. The van der Waals surface area contributed by atoms with Crippen LogP contribution >= 0.6 is 12.2 Å². The highest BCUT2D eigenvalue weighted by Crippen LogP contribution is 2.07. The Morgan fingerprint density at radius 2 is 2.11 bits per heavy atom. The number of aromatic nitrogens is 3. The van der Waals surface area contributed by atoms with Crippen LogP contribution in [0.15, 0.2) is 36.7 Å². The molecular formula is C11H10N4O2S. The second-order valence-electron chi connectivity index (χ2n) is 3.30. The number of benzene rings is 1. The fourth-order valence-electron chi connectivity index (χ4n) is 1.20. The molecule has 0 aliphatic heterocycles. The van der Waals surface area contributed by atoms with Gasteiger partial charge in [0.05, 0.1) is 0 Å². The molecule has 0 radical (unpaired) electrons. The number of rotatable bonds is 4. The van der Waals surface area contributed by atoms with E-state index in [1.165, 1.54) is 6.33 Å². The van der Waals surface area contributed by atoms with Gasteiger partial charge >= 0.3 is 0 Å². The van der Waals surface area contributed by atoms with Crippen LogP contribution in [0.2, 0.25) is 0 Å². The smallest absolute Gasteiger partial charge is 0.264 e. The Kier molecular flexibility index (Phi) is 3.98. The number of aromatic amines is 1. The Balaban J connectivity index is 1.88. The number of anilines is 1. The van der Waals surface area contributed by atoms with Crippen LogP contribution in [0.3, 0.4) is 0 Å². The van der Waals surface area contributed by atoms with Gasteiger partial charge in [-0.1, -0.05) is 18.2 Å². The number of H-pyrrole nitrogens is 1. The molecule has 6 nitrogen and oxygen atoms in total. The Morgan fingerprint density at radius 1 is 1.33 bits per heavy atom. The van der Waals surface area contributed by atoms with Crippen molar-refractivity contribution in [3.05, 3.63) is 41.4 Å². The van der Waals surface area contributed by atoms with Gasteiger partial charge in [-0.05, 0) is 24.4 Å². The molecule has 0 aliphatic carbocycles. The van der Waals surface area contributed by atoms with Gasteiger partial charge in [0, 0.05) is 0 Å². The molecule has 2 N–H and O–H groups in total. The highest BCUT2D eigenvalue weighted by molar-refractivity contribution is 7.71. The minimum absolute atomic E-state index is 0.103. The van der Waals surface area contributed by atoms with Crippen molar-refractivity contribution in [1.82, 2.24) is 15.0 Å². The van der Waals surface area contributed by atoms with Gasteiger partial charge < -0.3 is 9.72 Å². The van der Waals surface area contributed by atoms with Crippen LogP contribution in [0.4, 0.5) is 5.95 Å². The van der Waals surface area contributed by atoms with Gasteiger partial charge in [0.2, 0.25) is 10.7 Å².